The molecule has 24 heavy (non-hydrogen) atoms. The fourth-order valence-corrected chi connectivity index (χ4v) is 4.07. The number of allylic oxidation sites excluding steroid dienone is 5. The molecule has 0 aromatic heterocycles. The van der Waals surface area contributed by atoms with Gasteiger partial charge in [-0.15, -0.1) is 0 Å². The lowest BCUT2D eigenvalue weighted by molar-refractivity contribution is 0.365. The van der Waals surface area contributed by atoms with Gasteiger partial charge in [-0.25, -0.2) is 0 Å². The standard InChI is InChI=1S/C24H24/c1-17-15-24(2,3)16-22-12-11-21(14-23(17)22)20-10-9-19(13-20)18-7-5-4-6-8-18/h4-9,11-14H,1,10,15-16H2,2-3H3. The van der Waals surface area contributed by atoms with Crippen LogP contribution < -0.4 is 0 Å². The maximum atomic E-state index is 4.35. The van der Waals surface area contributed by atoms with E-state index in [-0.39, 0.29) is 0 Å². The lowest BCUT2D eigenvalue weighted by Crippen LogP contribution is -2.21. The zero-order valence-electron chi connectivity index (χ0n) is 14.6. The normalized spacial score (nSPS) is 18.8. The summed E-state index contributed by atoms with van der Waals surface area (Å²) >= 11 is 0. The van der Waals surface area contributed by atoms with Gasteiger partial charge in [0.2, 0.25) is 0 Å². The third kappa shape index (κ3) is 2.78. The summed E-state index contributed by atoms with van der Waals surface area (Å²) in [6.45, 7) is 9.02. The van der Waals surface area contributed by atoms with Gasteiger partial charge in [0.25, 0.3) is 0 Å². The number of rotatable bonds is 2. The van der Waals surface area contributed by atoms with Gasteiger partial charge in [-0.05, 0) is 69.7 Å². The van der Waals surface area contributed by atoms with Crippen LogP contribution in [0.5, 0.6) is 0 Å². The minimum Gasteiger partial charge on any atom is -0.0952 e. The van der Waals surface area contributed by atoms with Crippen molar-refractivity contribution < 1.29 is 0 Å². The van der Waals surface area contributed by atoms with Crippen LogP contribution in [0.25, 0.3) is 16.7 Å². The van der Waals surface area contributed by atoms with Crippen LogP contribution in [0.2, 0.25) is 0 Å². The highest BCUT2D eigenvalue weighted by Gasteiger charge is 2.27. The van der Waals surface area contributed by atoms with E-state index in [0.717, 1.165) is 19.3 Å². The van der Waals surface area contributed by atoms with Crippen molar-refractivity contribution in [1.29, 1.82) is 0 Å². The van der Waals surface area contributed by atoms with E-state index in [2.05, 4.69) is 81.1 Å². The van der Waals surface area contributed by atoms with E-state index in [1.807, 2.05) is 0 Å². The molecular formula is C24H24. The predicted molar refractivity (Wildman–Crippen MR) is 105 cm³/mol. The molecule has 0 atom stereocenters. The summed E-state index contributed by atoms with van der Waals surface area (Å²) in [5.74, 6) is 0. The minimum absolute atomic E-state index is 0.334. The van der Waals surface area contributed by atoms with Crippen molar-refractivity contribution in [2.45, 2.75) is 33.1 Å². The number of hydrogen-bond acceptors (Lipinski definition) is 0. The Balaban J connectivity index is 1.66. The van der Waals surface area contributed by atoms with Gasteiger partial charge in [-0.3, -0.25) is 0 Å². The van der Waals surface area contributed by atoms with E-state index in [4.69, 9.17) is 0 Å². The molecule has 0 N–H and O–H groups in total. The predicted octanol–water partition coefficient (Wildman–Crippen LogP) is 6.54. The van der Waals surface area contributed by atoms with Crippen molar-refractivity contribution in [3.8, 4) is 0 Å². The molecule has 0 heteroatoms. The number of benzene rings is 2. The molecule has 2 aliphatic carbocycles. The molecule has 0 unspecified atom stereocenters. The SMILES string of the molecule is C=C1CC(C)(C)Cc2ccc(C3=CC(c4ccccc4)=CC3)cc21. The maximum absolute atomic E-state index is 4.35. The highest BCUT2D eigenvalue weighted by atomic mass is 14.3. The van der Waals surface area contributed by atoms with Crippen molar-refractivity contribution >= 4 is 16.7 Å². The molecular weight excluding hydrogens is 288 g/mol. The smallest absolute Gasteiger partial charge is 0.00821 e. The van der Waals surface area contributed by atoms with E-state index in [0.29, 0.717) is 5.41 Å². The third-order valence-electron chi connectivity index (χ3n) is 5.20. The molecule has 0 nitrogen and oxygen atoms in total. The van der Waals surface area contributed by atoms with Crippen molar-refractivity contribution in [2.24, 2.45) is 5.41 Å². The topological polar surface area (TPSA) is 0 Å². The van der Waals surface area contributed by atoms with Crippen LogP contribution in [-0.2, 0) is 6.42 Å². The second kappa shape index (κ2) is 5.63. The fourth-order valence-electron chi connectivity index (χ4n) is 4.07. The maximum Gasteiger partial charge on any atom is -0.00821 e. The highest BCUT2D eigenvalue weighted by molar-refractivity contribution is 5.90. The fraction of sp³-hybridized carbons (Fsp3) is 0.250. The van der Waals surface area contributed by atoms with Gasteiger partial charge < -0.3 is 0 Å². The molecule has 2 aliphatic rings. The second-order valence-corrected chi connectivity index (χ2v) is 7.89. The summed E-state index contributed by atoms with van der Waals surface area (Å²) in [4.78, 5) is 0. The summed E-state index contributed by atoms with van der Waals surface area (Å²) in [6.07, 6.45) is 7.93. The van der Waals surface area contributed by atoms with Crippen LogP contribution in [0.4, 0.5) is 0 Å². The van der Waals surface area contributed by atoms with Crippen LogP contribution in [0.3, 0.4) is 0 Å². The first-order chi connectivity index (χ1) is 11.5. The van der Waals surface area contributed by atoms with E-state index in [9.17, 15) is 0 Å². The van der Waals surface area contributed by atoms with Crippen LogP contribution >= 0.6 is 0 Å². The Morgan fingerprint density at radius 1 is 0.917 bits per heavy atom. The zero-order valence-corrected chi connectivity index (χ0v) is 14.6. The van der Waals surface area contributed by atoms with Crippen molar-refractivity contribution in [3.05, 3.63) is 89.5 Å². The van der Waals surface area contributed by atoms with Gasteiger partial charge >= 0.3 is 0 Å². The Kier molecular flexibility index (Phi) is 3.57. The molecule has 2 aromatic rings. The van der Waals surface area contributed by atoms with E-state index < -0.39 is 0 Å². The average molecular weight is 312 g/mol. The molecule has 120 valence electrons. The van der Waals surface area contributed by atoms with Crippen LogP contribution in [0.1, 0.15) is 48.9 Å². The Morgan fingerprint density at radius 2 is 1.71 bits per heavy atom. The molecule has 0 heterocycles. The summed E-state index contributed by atoms with van der Waals surface area (Å²) < 4.78 is 0. The summed E-state index contributed by atoms with van der Waals surface area (Å²) in [6, 6.07) is 17.6. The van der Waals surface area contributed by atoms with Crippen LogP contribution in [-0.4, -0.2) is 0 Å². The average Bonchev–Trinajstić information content (AvgIpc) is 3.04. The van der Waals surface area contributed by atoms with E-state index in [1.165, 1.54) is 39.0 Å². The first-order valence-electron chi connectivity index (χ1n) is 8.79. The number of hydrogen-bond donors (Lipinski definition) is 0. The van der Waals surface area contributed by atoms with Crippen LogP contribution in [0, 0.1) is 5.41 Å². The van der Waals surface area contributed by atoms with Gasteiger partial charge in [0.15, 0.2) is 0 Å². The summed E-state index contributed by atoms with van der Waals surface area (Å²) in [5.41, 5.74) is 9.85. The molecule has 4 rings (SSSR count). The van der Waals surface area contributed by atoms with Crippen molar-refractivity contribution in [3.63, 3.8) is 0 Å². The molecule has 0 fully saturated rings. The molecule has 0 bridgehead atoms. The lowest BCUT2D eigenvalue weighted by Gasteiger charge is -2.33. The minimum atomic E-state index is 0.334. The summed E-state index contributed by atoms with van der Waals surface area (Å²) in [5, 5.41) is 0. The first-order valence-corrected chi connectivity index (χ1v) is 8.79. The molecule has 0 aliphatic heterocycles. The van der Waals surface area contributed by atoms with Crippen LogP contribution in [0.15, 0.2) is 67.3 Å². The van der Waals surface area contributed by atoms with Crippen molar-refractivity contribution in [2.75, 3.05) is 0 Å². The zero-order chi connectivity index (χ0) is 16.7. The Labute approximate surface area is 145 Å². The van der Waals surface area contributed by atoms with Gasteiger partial charge in [0.1, 0.15) is 0 Å². The second-order valence-electron chi connectivity index (χ2n) is 7.89. The largest absolute Gasteiger partial charge is 0.0952 e. The molecule has 2 aromatic carbocycles. The number of fused-ring (bicyclic) bond motifs is 1. The quantitative estimate of drug-likeness (QED) is 0.590. The van der Waals surface area contributed by atoms with Crippen molar-refractivity contribution in [1.82, 2.24) is 0 Å². The molecule has 0 amide bonds. The van der Waals surface area contributed by atoms with Gasteiger partial charge in [0, 0.05) is 0 Å². The van der Waals surface area contributed by atoms with E-state index >= 15 is 0 Å². The third-order valence-corrected chi connectivity index (χ3v) is 5.20. The van der Waals surface area contributed by atoms with Gasteiger partial charge in [0.05, 0.1) is 0 Å². The molecule has 0 spiro atoms. The highest BCUT2D eigenvalue weighted by Crippen LogP contribution is 2.42. The van der Waals surface area contributed by atoms with E-state index in [1.54, 1.807) is 0 Å². The summed E-state index contributed by atoms with van der Waals surface area (Å²) in [7, 11) is 0. The molecule has 0 radical (unpaired) electrons. The monoisotopic (exact) mass is 312 g/mol. The first kappa shape index (κ1) is 15.2. The Hall–Kier alpha value is -2.34. The van der Waals surface area contributed by atoms with Gasteiger partial charge in [-0.1, -0.05) is 75.0 Å². The molecule has 0 saturated carbocycles. The lowest BCUT2D eigenvalue weighted by atomic mass is 9.72. The Morgan fingerprint density at radius 3 is 2.50 bits per heavy atom. The molecule has 0 saturated heterocycles. The van der Waals surface area contributed by atoms with Gasteiger partial charge in [-0.2, -0.15) is 0 Å². The Bertz CT molecular complexity index is 860.